The average molecular weight is 232 g/mol. The Morgan fingerprint density at radius 2 is 2.24 bits per heavy atom. The van der Waals surface area contributed by atoms with Crippen LogP contribution in [0.25, 0.3) is 0 Å². The van der Waals surface area contributed by atoms with Crippen molar-refractivity contribution in [3.63, 3.8) is 0 Å². The lowest BCUT2D eigenvalue weighted by Crippen LogP contribution is -2.25. The molecule has 0 aliphatic heterocycles. The molecule has 3 heteroatoms. The summed E-state index contributed by atoms with van der Waals surface area (Å²) in [7, 11) is 0. The van der Waals surface area contributed by atoms with Gasteiger partial charge in [-0.25, -0.2) is 4.39 Å². The minimum Gasteiger partial charge on any atom is -0.310 e. The fourth-order valence-electron chi connectivity index (χ4n) is 2.47. The lowest BCUT2D eigenvalue weighted by atomic mass is 10.1. The van der Waals surface area contributed by atoms with Gasteiger partial charge >= 0.3 is 0 Å². The second-order valence-corrected chi connectivity index (χ2v) is 4.96. The van der Waals surface area contributed by atoms with Crippen LogP contribution in [0.15, 0.2) is 18.2 Å². The van der Waals surface area contributed by atoms with Crippen LogP contribution in [0.2, 0.25) is 0 Å². The molecule has 1 N–H and O–H groups in total. The molecule has 1 aromatic rings. The van der Waals surface area contributed by atoms with Crippen molar-refractivity contribution < 1.29 is 4.39 Å². The van der Waals surface area contributed by atoms with Crippen LogP contribution in [0.1, 0.15) is 37.3 Å². The van der Waals surface area contributed by atoms with Crippen LogP contribution in [0.4, 0.5) is 4.39 Å². The maximum atomic E-state index is 13.2. The summed E-state index contributed by atoms with van der Waals surface area (Å²) in [5.74, 6) is 0.454. The Labute approximate surface area is 101 Å². The van der Waals surface area contributed by atoms with Gasteiger partial charge in [0.05, 0.1) is 11.6 Å². The van der Waals surface area contributed by atoms with E-state index in [2.05, 4.69) is 12.2 Å². The van der Waals surface area contributed by atoms with Crippen LogP contribution in [-0.2, 0) is 6.54 Å². The van der Waals surface area contributed by atoms with Crippen molar-refractivity contribution in [3.05, 3.63) is 35.1 Å². The number of nitrogens with one attached hydrogen (secondary N) is 1. The summed E-state index contributed by atoms with van der Waals surface area (Å²) in [4.78, 5) is 0. The fourth-order valence-corrected chi connectivity index (χ4v) is 2.47. The molecule has 2 rings (SSSR count). The van der Waals surface area contributed by atoms with E-state index in [-0.39, 0.29) is 5.82 Å². The Kier molecular flexibility index (Phi) is 3.75. The second-order valence-electron chi connectivity index (χ2n) is 4.96. The number of nitrogens with zero attached hydrogens (tertiary/aromatic N) is 1. The number of halogens is 1. The van der Waals surface area contributed by atoms with Crippen LogP contribution in [0.5, 0.6) is 0 Å². The summed E-state index contributed by atoms with van der Waals surface area (Å²) < 4.78 is 13.2. The van der Waals surface area contributed by atoms with E-state index in [9.17, 15) is 4.39 Å². The first-order valence-electron chi connectivity index (χ1n) is 6.10. The third kappa shape index (κ3) is 3.28. The smallest absolute Gasteiger partial charge is 0.124 e. The summed E-state index contributed by atoms with van der Waals surface area (Å²) in [5.41, 5.74) is 1.24. The zero-order valence-corrected chi connectivity index (χ0v) is 10.0. The van der Waals surface area contributed by atoms with Crippen molar-refractivity contribution in [2.75, 3.05) is 0 Å². The molecule has 0 aromatic heterocycles. The average Bonchev–Trinajstić information content (AvgIpc) is 2.72. The summed E-state index contributed by atoms with van der Waals surface area (Å²) in [5, 5.41) is 12.2. The molecule has 17 heavy (non-hydrogen) atoms. The Morgan fingerprint density at radius 3 is 2.88 bits per heavy atom. The van der Waals surface area contributed by atoms with Gasteiger partial charge in [-0.2, -0.15) is 5.26 Å². The number of nitriles is 1. The van der Waals surface area contributed by atoms with Gasteiger partial charge in [0.1, 0.15) is 5.82 Å². The molecule has 1 fully saturated rings. The van der Waals surface area contributed by atoms with Gasteiger partial charge in [0, 0.05) is 12.6 Å². The highest BCUT2D eigenvalue weighted by Gasteiger charge is 2.20. The Hall–Kier alpha value is -1.40. The van der Waals surface area contributed by atoms with Crippen molar-refractivity contribution in [1.82, 2.24) is 5.32 Å². The third-order valence-corrected chi connectivity index (χ3v) is 3.38. The minimum atomic E-state index is -0.333. The van der Waals surface area contributed by atoms with E-state index in [1.165, 1.54) is 31.4 Å². The number of hydrogen-bond acceptors (Lipinski definition) is 2. The summed E-state index contributed by atoms with van der Waals surface area (Å²) in [6.07, 6.45) is 3.66. The van der Waals surface area contributed by atoms with Crippen LogP contribution < -0.4 is 5.32 Å². The topological polar surface area (TPSA) is 35.8 Å². The van der Waals surface area contributed by atoms with E-state index in [0.717, 1.165) is 11.5 Å². The molecule has 0 bridgehead atoms. The van der Waals surface area contributed by atoms with E-state index in [1.54, 1.807) is 6.07 Å². The lowest BCUT2D eigenvalue weighted by Gasteiger charge is -2.12. The quantitative estimate of drug-likeness (QED) is 0.869. The second kappa shape index (κ2) is 5.29. The van der Waals surface area contributed by atoms with E-state index in [1.807, 2.05) is 6.07 Å². The molecular formula is C14H17FN2. The molecule has 1 aliphatic rings. The largest absolute Gasteiger partial charge is 0.310 e. The van der Waals surface area contributed by atoms with E-state index in [4.69, 9.17) is 5.26 Å². The van der Waals surface area contributed by atoms with Crippen molar-refractivity contribution in [3.8, 4) is 6.07 Å². The van der Waals surface area contributed by atoms with Gasteiger partial charge in [-0.15, -0.1) is 0 Å². The van der Waals surface area contributed by atoms with Gasteiger partial charge < -0.3 is 5.32 Å². The zero-order valence-electron chi connectivity index (χ0n) is 10.0. The lowest BCUT2D eigenvalue weighted by molar-refractivity contribution is 0.501. The Morgan fingerprint density at radius 1 is 1.41 bits per heavy atom. The highest BCUT2D eigenvalue weighted by atomic mass is 19.1. The molecular weight excluding hydrogens is 215 g/mol. The molecule has 0 amide bonds. The zero-order chi connectivity index (χ0) is 12.3. The first kappa shape index (κ1) is 12.1. The van der Waals surface area contributed by atoms with Crippen molar-refractivity contribution >= 4 is 0 Å². The van der Waals surface area contributed by atoms with Gasteiger partial charge in [-0.1, -0.05) is 6.92 Å². The van der Waals surface area contributed by atoms with E-state index < -0.39 is 0 Å². The van der Waals surface area contributed by atoms with Crippen molar-refractivity contribution in [2.45, 2.75) is 38.8 Å². The Bertz CT molecular complexity index is 436. The van der Waals surface area contributed by atoms with Crippen molar-refractivity contribution in [1.29, 1.82) is 5.26 Å². The number of rotatable bonds is 3. The van der Waals surface area contributed by atoms with Crippen molar-refractivity contribution in [2.24, 2.45) is 5.92 Å². The monoisotopic (exact) mass is 232 g/mol. The number of benzene rings is 1. The SMILES string of the molecule is CC1CCC(NCc2cc(F)cc(C#N)c2)C1. The molecule has 1 aromatic carbocycles. The summed E-state index contributed by atoms with van der Waals surface area (Å²) in [6.45, 7) is 2.90. The molecule has 0 heterocycles. The highest BCUT2D eigenvalue weighted by Crippen LogP contribution is 2.24. The molecule has 1 saturated carbocycles. The maximum absolute atomic E-state index is 13.2. The molecule has 2 unspecified atom stereocenters. The minimum absolute atomic E-state index is 0.333. The van der Waals surface area contributed by atoms with Gasteiger partial charge in [-0.05, 0) is 48.9 Å². The molecule has 0 saturated heterocycles. The Balaban J connectivity index is 1.95. The molecule has 2 nitrogen and oxygen atoms in total. The van der Waals surface area contributed by atoms with Gasteiger partial charge in [-0.3, -0.25) is 0 Å². The summed E-state index contributed by atoms with van der Waals surface area (Å²) >= 11 is 0. The maximum Gasteiger partial charge on any atom is 0.124 e. The van der Waals surface area contributed by atoms with Crippen LogP contribution in [-0.4, -0.2) is 6.04 Å². The number of hydrogen-bond donors (Lipinski definition) is 1. The molecule has 0 spiro atoms. The predicted octanol–water partition coefficient (Wildman–Crippen LogP) is 2.98. The van der Waals surface area contributed by atoms with Crippen LogP contribution >= 0.6 is 0 Å². The molecule has 1 aliphatic carbocycles. The summed E-state index contributed by atoms with van der Waals surface area (Å²) in [6, 6.07) is 7.02. The first-order chi connectivity index (χ1) is 8.17. The standard InChI is InChI=1S/C14H17FN2/c1-10-2-3-14(4-10)17-9-12-5-11(8-16)6-13(15)7-12/h5-7,10,14,17H,2-4,9H2,1H3. The van der Waals surface area contributed by atoms with Crippen LogP contribution in [0.3, 0.4) is 0 Å². The first-order valence-corrected chi connectivity index (χ1v) is 6.10. The van der Waals surface area contributed by atoms with Gasteiger partial charge in [0.2, 0.25) is 0 Å². The molecule has 90 valence electrons. The van der Waals surface area contributed by atoms with Crippen LogP contribution in [0, 0.1) is 23.1 Å². The van der Waals surface area contributed by atoms with E-state index >= 15 is 0 Å². The predicted molar refractivity (Wildman–Crippen MR) is 64.8 cm³/mol. The third-order valence-electron chi connectivity index (χ3n) is 3.38. The fraction of sp³-hybridized carbons (Fsp3) is 0.500. The normalized spacial score (nSPS) is 23.6. The molecule has 0 radical (unpaired) electrons. The highest BCUT2D eigenvalue weighted by molar-refractivity contribution is 5.33. The van der Waals surface area contributed by atoms with E-state index in [0.29, 0.717) is 18.2 Å². The molecule has 2 atom stereocenters. The van der Waals surface area contributed by atoms with Gasteiger partial charge in [0.15, 0.2) is 0 Å². The van der Waals surface area contributed by atoms with Gasteiger partial charge in [0.25, 0.3) is 0 Å².